The molecule has 1 unspecified atom stereocenters. The van der Waals surface area contributed by atoms with Crippen molar-refractivity contribution >= 4 is 0 Å². The molecule has 0 amide bonds. The molecule has 1 atom stereocenters. The van der Waals surface area contributed by atoms with Crippen LogP contribution in [0.15, 0.2) is 24.3 Å². The van der Waals surface area contributed by atoms with Crippen LogP contribution in [-0.2, 0) is 6.42 Å². The van der Waals surface area contributed by atoms with Gasteiger partial charge in [0.25, 0.3) is 0 Å². The largest absolute Gasteiger partial charge is 0.271 e. The third-order valence-electron chi connectivity index (χ3n) is 3.72. The third kappa shape index (κ3) is 6.22. The average molecular weight is 262 g/mol. The van der Waals surface area contributed by atoms with Gasteiger partial charge in [0.05, 0.1) is 0 Å². The van der Waals surface area contributed by atoms with E-state index in [4.69, 9.17) is 5.84 Å². The van der Waals surface area contributed by atoms with E-state index in [-0.39, 0.29) is 0 Å². The van der Waals surface area contributed by atoms with Crippen molar-refractivity contribution in [2.24, 2.45) is 5.84 Å². The first-order chi connectivity index (χ1) is 9.31. The van der Waals surface area contributed by atoms with Crippen LogP contribution < -0.4 is 11.3 Å². The van der Waals surface area contributed by atoms with E-state index in [1.165, 1.54) is 49.7 Å². The Morgan fingerprint density at radius 2 is 1.63 bits per heavy atom. The Kier molecular flexibility index (Phi) is 8.52. The predicted octanol–water partition coefficient (Wildman–Crippen LogP) is 4.50. The highest BCUT2D eigenvalue weighted by Crippen LogP contribution is 2.20. The number of benzene rings is 1. The molecule has 2 heteroatoms. The normalized spacial score (nSPS) is 12.6. The quantitative estimate of drug-likeness (QED) is 0.370. The molecule has 1 aromatic carbocycles. The van der Waals surface area contributed by atoms with E-state index in [0.29, 0.717) is 6.04 Å². The number of hydrogen-bond donors (Lipinski definition) is 2. The maximum absolute atomic E-state index is 5.69. The first-order valence-electron chi connectivity index (χ1n) is 7.86. The molecule has 0 saturated carbocycles. The molecule has 1 aromatic rings. The third-order valence-corrected chi connectivity index (χ3v) is 3.72. The van der Waals surface area contributed by atoms with Crippen molar-refractivity contribution in [3.8, 4) is 0 Å². The second-order valence-corrected chi connectivity index (χ2v) is 5.41. The van der Waals surface area contributed by atoms with Gasteiger partial charge in [-0.3, -0.25) is 11.3 Å². The zero-order chi connectivity index (χ0) is 13.9. The minimum atomic E-state index is 0.303. The average Bonchev–Trinajstić information content (AvgIpc) is 2.44. The van der Waals surface area contributed by atoms with Crippen molar-refractivity contribution in [2.45, 2.75) is 71.3 Å². The van der Waals surface area contributed by atoms with E-state index in [2.05, 4.69) is 43.5 Å². The summed E-state index contributed by atoms with van der Waals surface area (Å²) >= 11 is 0. The molecule has 0 spiro atoms. The lowest BCUT2D eigenvalue weighted by molar-refractivity contribution is 0.479. The molecule has 3 N–H and O–H groups in total. The summed E-state index contributed by atoms with van der Waals surface area (Å²) < 4.78 is 0. The van der Waals surface area contributed by atoms with Gasteiger partial charge in [0, 0.05) is 6.04 Å². The molecular formula is C17H30N2. The van der Waals surface area contributed by atoms with Gasteiger partial charge in [-0.15, -0.1) is 0 Å². The van der Waals surface area contributed by atoms with E-state index >= 15 is 0 Å². The highest BCUT2D eigenvalue weighted by molar-refractivity contribution is 5.25. The summed E-state index contributed by atoms with van der Waals surface area (Å²) in [5.74, 6) is 5.69. The van der Waals surface area contributed by atoms with E-state index < -0.39 is 0 Å². The summed E-state index contributed by atoms with van der Waals surface area (Å²) in [6.07, 6.45) is 10.1. The van der Waals surface area contributed by atoms with Crippen LogP contribution in [0.2, 0.25) is 0 Å². The van der Waals surface area contributed by atoms with Crippen molar-refractivity contribution in [1.82, 2.24) is 5.43 Å². The number of unbranched alkanes of at least 4 members (excludes halogenated alkanes) is 4. The lowest BCUT2D eigenvalue weighted by atomic mass is 9.98. The molecule has 2 nitrogen and oxygen atoms in total. The maximum Gasteiger partial charge on any atom is 0.0460 e. The molecule has 0 aliphatic heterocycles. The summed E-state index contributed by atoms with van der Waals surface area (Å²) in [6, 6.07) is 9.22. The van der Waals surface area contributed by atoms with Crippen molar-refractivity contribution in [2.75, 3.05) is 0 Å². The molecule has 1 rings (SSSR count). The molecule has 0 aliphatic rings. The molecule has 0 radical (unpaired) electrons. The lowest BCUT2D eigenvalue weighted by Gasteiger charge is -2.16. The number of rotatable bonds is 10. The summed E-state index contributed by atoms with van der Waals surface area (Å²) in [5, 5.41) is 0. The first-order valence-corrected chi connectivity index (χ1v) is 7.86. The van der Waals surface area contributed by atoms with Crippen molar-refractivity contribution in [1.29, 1.82) is 0 Å². The van der Waals surface area contributed by atoms with Gasteiger partial charge in [0.2, 0.25) is 0 Å². The lowest BCUT2D eigenvalue weighted by Crippen LogP contribution is -2.27. The van der Waals surface area contributed by atoms with Gasteiger partial charge < -0.3 is 0 Å². The molecule has 0 saturated heterocycles. The number of aryl methyl sites for hydroxylation is 1. The van der Waals surface area contributed by atoms with Gasteiger partial charge >= 0.3 is 0 Å². The topological polar surface area (TPSA) is 38.0 Å². The molecule has 0 bridgehead atoms. The van der Waals surface area contributed by atoms with E-state index in [0.717, 1.165) is 12.8 Å². The second-order valence-electron chi connectivity index (χ2n) is 5.41. The molecule has 0 aliphatic carbocycles. The number of hydrogen-bond acceptors (Lipinski definition) is 2. The van der Waals surface area contributed by atoms with E-state index in [1.807, 2.05) is 0 Å². The minimum Gasteiger partial charge on any atom is -0.271 e. The van der Waals surface area contributed by atoms with Crippen molar-refractivity contribution in [3.63, 3.8) is 0 Å². The molecule has 0 aromatic heterocycles. The fraction of sp³-hybridized carbons (Fsp3) is 0.647. The van der Waals surface area contributed by atoms with Gasteiger partial charge in [0.1, 0.15) is 0 Å². The number of nitrogens with one attached hydrogen (secondary N) is 1. The van der Waals surface area contributed by atoms with Crippen LogP contribution in [0.3, 0.4) is 0 Å². The molecule has 108 valence electrons. The standard InChI is InChI=1S/C17H30N2/c1-3-5-6-7-8-10-17(19-18)16-13-11-15(9-4-2)12-14-16/h11-14,17,19H,3-10,18H2,1-2H3. The van der Waals surface area contributed by atoms with Crippen LogP contribution in [0.5, 0.6) is 0 Å². The fourth-order valence-electron chi connectivity index (χ4n) is 2.50. The zero-order valence-corrected chi connectivity index (χ0v) is 12.6. The maximum atomic E-state index is 5.69. The molecular weight excluding hydrogens is 232 g/mol. The summed E-state index contributed by atoms with van der Waals surface area (Å²) in [4.78, 5) is 0. The fourth-order valence-corrected chi connectivity index (χ4v) is 2.50. The molecule has 0 heterocycles. The zero-order valence-electron chi connectivity index (χ0n) is 12.6. The van der Waals surface area contributed by atoms with E-state index in [9.17, 15) is 0 Å². The Morgan fingerprint density at radius 1 is 0.947 bits per heavy atom. The van der Waals surface area contributed by atoms with Crippen LogP contribution in [0.1, 0.15) is 76.0 Å². The highest BCUT2D eigenvalue weighted by Gasteiger charge is 2.08. The van der Waals surface area contributed by atoms with Gasteiger partial charge in [-0.1, -0.05) is 76.6 Å². The van der Waals surface area contributed by atoms with Crippen LogP contribution in [0.4, 0.5) is 0 Å². The van der Waals surface area contributed by atoms with Crippen molar-refractivity contribution in [3.05, 3.63) is 35.4 Å². The second kappa shape index (κ2) is 9.99. The number of hydrazine groups is 1. The van der Waals surface area contributed by atoms with Crippen molar-refractivity contribution < 1.29 is 0 Å². The summed E-state index contributed by atoms with van der Waals surface area (Å²) in [7, 11) is 0. The predicted molar refractivity (Wildman–Crippen MR) is 83.9 cm³/mol. The Balaban J connectivity index is 2.40. The summed E-state index contributed by atoms with van der Waals surface area (Å²) in [5.41, 5.74) is 5.70. The van der Waals surface area contributed by atoms with Gasteiger partial charge in [-0.05, 0) is 24.0 Å². The van der Waals surface area contributed by atoms with Crippen LogP contribution in [0, 0.1) is 0 Å². The van der Waals surface area contributed by atoms with Gasteiger partial charge in [-0.25, -0.2) is 0 Å². The van der Waals surface area contributed by atoms with Gasteiger partial charge in [-0.2, -0.15) is 0 Å². The SMILES string of the molecule is CCCCCCCC(NN)c1ccc(CCC)cc1. The van der Waals surface area contributed by atoms with Gasteiger partial charge in [0.15, 0.2) is 0 Å². The van der Waals surface area contributed by atoms with Crippen LogP contribution in [-0.4, -0.2) is 0 Å². The number of nitrogens with two attached hydrogens (primary N) is 1. The first kappa shape index (κ1) is 16.2. The van der Waals surface area contributed by atoms with Crippen LogP contribution in [0.25, 0.3) is 0 Å². The molecule has 0 fully saturated rings. The Morgan fingerprint density at radius 3 is 2.21 bits per heavy atom. The van der Waals surface area contributed by atoms with Crippen LogP contribution >= 0.6 is 0 Å². The monoisotopic (exact) mass is 262 g/mol. The Bertz CT molecular complexity index is 319. The Labute approximate surface area is 118 Å². The smallest absolute Gasteiger partial charge is 0.0460 e. The summed E-state index contributed by atoms with van der Waals surface area (Å²) in [6.45, 7) is 4.47. The Hall–Kier alpha value is -0.860. The highest BCUT2D eigenvalue weighted by atomic mass is 15.2. The van der Waals surface area contributed by atoms with E-state index in [1.54, 1.807) is 0 Å². The molecule has 19 heavy (non-hydrogen) atoms. The minimum absolute atomic E-state index is 0.303.